The molecule has 2 fully saturated rings. The number of carbonyl (C=O) groups excluding carboxylic acids is 1. The van der Waals surface area contributed by atoms with Crippen molar-refractivity contribution >= 4 is 18.7 Å². The van der Waals surface area contributed by atoms with Gasteiger partial charge < -0.3 is 37.9 Å². The van der Waals surface area contributed by atoms with E-state index in [4.69, 9.17) is 33.0 Å². The van der Waals surface area contributed by atoms with Crippen LogP contribution in [-0.2, 0) is 41.5 Å². The van der Waals surface area contributed by atoms with E-state index in [-0.39, 0.29) is 30.5 Å². The normalized spacial score (nSPS) is 21.7. The fourth-order valence-corrected chi connectivity index (χ4v) is 5.50. The third kappa shape index (κ3) is 8.14. The predicted molar refractivity (Wildman–Crippen MR) is 168 cm³/mol. The van der Waals surface area contributed by atoms with Crippen molar-refractivity contribution < 1.29 is 37.8 Å². The summed E-state index contributed by atoms with van der Waals surface area (Å²) in [6.45, 7) is 16.1. The second-order valence-electron chi connectivity index (χ2n) is 13.4. The van der Waals surface area contributed by atoms with Crippen LogP contribution in [0.25, 0.3) is 0 Å². The lowest BCUT2D eigenvalue weighted by atomic mass is 9.78. The summed E-state index contributed by atoms with van der Waals surface area (Å²) in [6.07, 6.45) is 3.51. The minimum Gasteiger partial charge on any atom is -0.463 e. The van der Waals surface area contributed by atoms with Crippen molar-refractivity contribution in [1.82, 2.24) is 4.90 Å². The minimum atomic E-state index is -0.628. The zero-order valence-electron chi connectivity index (χ0n) is 27.2. The van der Waals surface area contributed by atoms with Crippen LogP contribution in [0.5, 0.6) is 5.75 Å². The molecular weight excluding hydrogens is 561 g/mol. The zero-order valence-corrected chi connectivity index (χ0v) is 27.2. The third-order valence-corrected chi connectivity index (χ3v) is 8.86. The van der Waals surface area contributed by atoms with E-state index in [9.17, 15) is 4.79 Å². The fraction of sp³-hybridized carbons (Fsp3) is 0.618. The first-order chi connectivity index (χ1) is 20.9. The maximum atomic E-state index is 12.4. The quantitative estimate of drug-likeness (QED) is 0.193. The predicted octanol–water partition coefficient (Wildman–Crippen LogP) is 5.92. The van der Waals surface area contributed by atoms with Gasteiger partial charge in [0, 0.05) is 32.6 Å². The van der Waals surface area contributed by atoms with Crippen LogP contribution in [0.15, 0.2) is 42.5 Å². The topological polar surface area (TPSA) is 84.9 Å². The highest BCUT2D eigenvalue weighted by atomic mass is 16.7. The standard InChI is InChI=1S/C34H48BNO8/c1-32(2)33(3,4)44-35(43-32)28-13-11-12-25(20-28)23-39-19-18-38-17-10-8-7-9-16-36-22-30(41-31(36)37)26-14-15-29-27(21-26)24-40-34(5,6)42-29/h11-15,20-21,30H,7-10,16-19,22-24H2,1-6H3/t30-/m0/s1. The van der Waals surface area contributed by atoms with Crippen LogP contribution < -0.4 is 10.2 Å². The van der Waals surface area contributed by atoms with Crippen molar-refractivity contribution in [2.45, 2.75) is 104 Å². The lowest BCUT2D eigenvalue weighted by molar-refractivity contribution is -0.180. The smallest absolute Gasteiger partial charge is 0.463 e. The molecule has 0 N–H and O–H groups in total. The van der Waals surface area contributed by atoms with Crippen LogP contribution in [0.2, 0.25) is 0 Å². The van der Waals surface area contributed by atoms with Gasteiger partial charge in [0.05, 0.1) is 44.2 Å². The summed E-state index contributed by atoms with van der Waals surface area (Å²) in [5.74, 6) is 0.195. The van der Waals surface area contributed by atoms with Crippen molar-refractivity contribution in [2.75, 3.05) is 32.9 Å². The molecule has 44 heavy (non-hydrogen) atoms. The number of unbranched alkanes of at least 4 members (excludes halogenated alkanes) is 3. The number of amides is 1. The van der Waals surface area contributed by atoms with E-state index < -0.39 is 5.79 Å². The van der Waals surface area contributed by atoms with E-state index in [1.54, 1.807) is 4.90 Å². The minimum absolute atomic E-state index is 0.246. The van der Waals surface area contributed by atoms with Crippen molar-refractivity contribution in [2.24, 2.45) is 0 Å². The molecule has 1 amide bonds. The van der Waals surface area contributed by atoms with Crippen LogP contribution in [0.3, 0.4) is 0 Å². The highest BCUT2D eigenvalue weighted by Crippen LogP contribution is 2.37. The Bertz CT molecular complexity index is 1270. The molecule has 3 aliphatic heterocycles. The summed E-state index contributed by atoms with van der Waals surface area (Å²) in [6, 6.07) is 14.1. The summed E-state index contributed by atoms with van der Waals surface area (Å²) in [7, 11) is -0.371. The van der Waals surface area contributed by atoms with E-state index in [2.05, 4.69) is 39.8 Å². The SMILES string of the molecule is CC1(C)OCc2cc([C@@H]3CN(CCCCCCOCCOCc4cccc(B5OC(C)(C)C(C)(C)O5)c4)C(=O)O3)ccc2O1. The molecule has 240 valence electrons. The Labute approximate surface area is 262 Å². The van der Waals surface area contributed by atoms with Gasteiger partial charge in [-0.05, 0) is 69.3 Å². The molecule has 9 nitrogen and oxygen atoms in total. The molecular formula is C34H48BNO8. The fourth-order valence-electron chi connectivity index (χ4n) is 5.50. The molecule has 10 heteroatoms. The molecule has 0 unspecified atom stereocenters. The van der Waals surface area contributed by atoms with E-state index in [0.29, 0.717) is 46.1 Å². The number of carbonyl (C=O) groups is 1. The van der Waals surface area contributed by atoms with E-state index in [1.165, 1.54) is 0 Å². The maximum absolute atomic E-state index is 12.4. The second-order valence-corrected chi connectivity index (χ2v) is 13.4. The van der Waals surface area contributed by atoms with E-state index in [0.717, 1.165) is 53.6 Å². The lowest BCUT2D eigenvalue weighted by Gasteiger charge is -2.32. The molecule has 1 atom stereocenters. The highest BCUT2D eigenvalue weighted by Gasteiger charge is 2.51. The van der Waals surface area contributed by atoms with Crippen LogP contribution in [-0.4, -0.2) is 68.0 Å². The molecule has 0 saturated carbocycles. The molecule has 2 aromatic rings. The molecule has 3 heterocycles. The molecule has 0 aromatic heterocycles. The Balaban J connectivity index is 0.904. The maximum Gasteiger partial charge on any atom is 0.494 e. The number of rotatable bonds is 14. The molecule has 0 bridgehead atoms. The van der Waals surface area contributed by atoms with Crippen LogP contribution in [0, 0.1) is 0 Å². The monoisotopic (exact) mass is 609 g/mol. The summed E-state index contributed by atoms with van der Waals surface area (Å²) in [4.78, 5) is 14.3. The summed E-state index contributed by atoms with van der Waals surface area (Å²) in [5.41, 5.74) is 3.33. The highest BCUT2D eigenvalue weighted by molar-refractivity contribution is 6.62. The molecule has 5 rings (SSSR count). The Morgan fingerprint density at radius 1 is 0.886 bits per heavy atom. The van der Waals surface area contributed by atoms with Gasteiger partial charge in [-0.2, -0.15) is 0 Å². The van der Waals surface area contributed by atoms with E-state index >= 15 is 0 Å². The average Bonchev–Trinajstić information content (AvgIpc) is 3.45. The molecule has 0 radical (unpaired) electrons. The number of fused-ring (bicyclic) bond motifs is 1. The Morgan fingerprint density at radius 3 is 2.43 bits per heavy atom. The number of hydrogen-bond acceptors (Lipinski definition) is 8. The van der Waals surface area contributed by atoms with Crippen molar-refractivity contribution in [3.63, 3.8) is 0 Å². The first-order valence-electron chi connectivity index (χ1n) is 15.9. The van der Waals surface area contributed by atoms with Gasteiger partial charge in [-0.1, -0.05) is 43.2 Å². The number of nitrogens with zero attached hydrogens (tertiary/aromatic N) is 1. The largest absolute Gasteiger partial charge is 0.494 e. The van der Waals surface area contributed by atoms with Crippen LogP contribution in [0.1, 0.15) is 90.0 Å². The van der Waals surface area contributed by atoms with Crippen molar-refractivity contribution in [1.29, 1.82) is 0 Å². The van der Waals surface area contributed by atoms with Crippen LogP contribution >= 0.6 is 0 Å². The van der Waals surface area contributed by atoms with E-state index in [1.807, 2.05) is 44.2 Å². The molecule has 0 spiro atoms. The molecule has 2 aromatic carbocycles. The van der Waals surface area contributed by atoms with Gasteiger partial charge in [0.2, 0.25) is 5.79 Å². The van der Waals surface area contributed by atoms with Gasteiger partial charge in [-0.3, -0.25) is 0 Å². The molecule has 0 aliphatic carbocycles. The zero-order chi connectivity index (χ0) is 31.4. The van der Waals surface area contributed by atoms with Crippen molar-refractivity contribution in [3.8, 4) is 5.75 Å². The Hall–Kier alpha value is -2.63. The van der Waals surface area contributed by atoms with Gasteiger partial charge in [-0.25, -0.2) is 4.79 Å². The number of cyclic esters (lactones) is 1. The number of hydrogen-bond donors (Lipinski definition) is 0. The van der Waals surface area contributed by atoms with Gasteiger partial charge in [0.15, 0.2) is 0 Å². The third-order valence-electron chi connectivity index (χ3n) is 8.86. The molecule has 2 saturated heterocycles. The first-order valence-corrected chi connectivity index (χ1v) is 15.9. The number of benzene rings is 2. The average molecular weight is 610 g/mol. The van der Waals surface area contributed by atoms with Gasteiger partial charge in [-0.15, -0.1) is 0 Å². The van der Waals surface area contributed by atoms with Crippen molar-refractivity contribution in [3.05, 3.63) is 59.2 Å². The van der Waals surface area contributed by atoms with Crippen LogP contribution in [0.4, 0.5) is 4.79 Å². The lowest BCUT2D eigenvalue weighted by Crippen LogP contribution is -2.41. The Morgan fingerprint density at radius 2 is 1.64 bits per heavy atom. The van der Waals surface area contributed by atoms with Gasteiger partial charge in [0.25, 0.3) is 0 Å². The van der Waals surface area contributed by atoms with Gasteiger partial charge >= 0.3 is 13.2 Å². The van der Waals surface area contributed by atoms with Gasteiger partial charge in [0.1, 0.15) is 11.9 Å². The number of ether oxygens (including phenoxy) is 5. The summed E-state index contributed by atoms with van der Waals surface area (Å²) >= 11 is 0. The molecule has 3 aliphatic rings. The Kier molecular flexibility index (Phi) is 10.3. The second kappa shape index (κ2) is 13.8. The first kappa shape index (κ1) is 32.8. The summed E-state index contributed by atoms with van der Waals surface area (Å²) in [5, 5.41) is 0. The summed E-state index contributed by atoms with van der Waals surface area (Å²) < 4.78 is 41.2.